The Labute approximate surface area is 352 Å². The number of hydrogen-bond acceptors (Lipinski definition) is 12. The van der Waals surface area contributed by atoms with E-state index in [1.165, 1.54) is 16.9 Å². The number of pyridine rings is 1. The SMILES string of the molecule is Cc1sc2c(c1C)C(c1ccc(OCC3CC4(CCCN(c5ccc(C(=O)NC6CCC(Oc7ccc(C#N)c(Cl)c7)CC6)nn5)C4)C3)cn1)=N[C@@H](C)c1nnc(C)n1-2. The monoisotopic (exact) mass is 830 g/mol. The molecule has 0 bridgehead atoms. The van der Waals surface area contributed by atoms with Crippen LogP contribution < -0.4 is 19.7 Å². The number of fused-ring (bicyclic) bond motifs is 3. The molecule has 1 N–H and O–H groups in total. The van der Waals surface area contributed by atoms with Crippen molar-refractivity contribution in [2.24, 2.45) is 16.3 Å². The summed E-state index contributed by atoms with van der Waals surface area (Å²) in [4.78, 5) is 26.7. The van der Waals surface area contributed by atoms with E-state index in [4.69, 9.17) is 36.3 Å². The summed E-state index contributed by atoms with van der Waals surface area (Å²) >= 11 is 7.91. The molecule has 3 fully saturated rings. The molecule has 6 heterocycles. The van der Waals surface area contributed by atoms with Gasteiger partial charge in [-0.15, -0.1) is 31.7 Å². The van der Waals surface area contributed by atoms with E-state index in [0.717, 1.165) is 103 Å². The maximum atomic E-state index is 13.1. The number of aliphatic imine (C=N–C) groups is 1. The van der Waals surface area contributed by atoms with Gasteiger partial charge < -0.3 is 19.7 Å². The molecule has 1 amide bonds. The van der Waals surface area contributed by atoms with Crippen molar-refractivity contribution >= 4 is 40.4 Å². The van der Waals surface area contributed by atoms with E-state index in [1.54, 1.807) is 35.6 Å². The number of benzene rings is 1. The Balaban J connectivity index is 0.747. The van der Waals surface area contributed by atoms with E-state index in [9.17, 15) is 4.79 Å². The fourth-order valence-electron chi connectivity index (χ4n) is 9.35. The molecule has 2 saturated carbocycles. The topological polar surface area (TPSA) is 156 Å². The summed E-state index contributed by atoms with van der Waals surface area (Å²) in [6.07, 6.45) is 9.57. The lowest BCUT2D eigenvalue weighted by atomic mass is 9.58. The number of amides is 1. The summed E-state index contributed by atoms with van der Waals surface area (Å²) in [6.45, 7) is 10.9. The van der Waals surface area contributed by atoms with Crippen LogP contribution >= 0.6 is 22.9 Å². The number of aryl methyl sites for hydroxylation is 2. The number of halogens is 1. The molecule has 59 heavy (non-hydrogen) atoms. The first-order valence-electron chi connectivity index (χ1n) is 20.5. The smallest absolute Gasteiger partial charge is 0.272 e. The van der Waals surface area contributed by atoms with Crippen LogP contribution in [0.4, 0.5) is 5.82 Å². The molecule has 2 aliphatic heterocycles. The number of rotatable bonds is 9. The molecular formula is C44H47ClN10O3S. The molecule has 2 aliphatic carbocycles. The number of thiophene rings is 1. The van der Waals surface area contributed by atoms with Gasteiger partial charge in [0.05, 0.1) is 40.9 Å². The van der Waals surface area contributed by atoms with Crippen LogP contribution in [0.15, 0.2) is 53.7 Å². The van der Waals surface area contributed by atoms with Gasteiger partial charge >= 0.3 is 0 Å². The van der Waals surface area contributed by atoms with Gasteiger partial charge in [-0.25, -0.2) is 0 Å². The van der Waals surface area contributed by atoms with Gasteiger partial charge in [-0.2, -0.15) is 5.26 Å². The number of carbonyl (C=O) groups excluding carboxylic acids is 1. The van der Waals surface area contributed by atoms with E-state index < -0.39 is 0 Å². The van der Waals surface area contributed by atoms with Crippen LogP contribution in [0.1, 0.15) is 114 Å². The van der Waals surface area contributed by atoms with Crippen molar-refractivity contribution < 1.29 is 14.3 Å². The zero-order valence-electron chi connectivity index (χ0n) is 33.7. The first-order valence-corrected chi connectivity index (χ1v) is 21.7. The first kappa shape index (κ1) is 39.1. The largest absolute Gasteiger partial charge is 0.492 e. The second-order valence-corrected chi connectivity index (χ2v) is 18.3. The highest BCUT2D eigenvalue weighted by Gasteiger charge is 2.47. The Morgan fingerprint density at radius 3 is 2.58 bits per heavy atom. The third-order valence-electron chi connectivity index (χ3n) is 12.5. The van der Waals surface area contributed by atoms with Crippen molar-refractivity contribution in [1.29, 1.82) is 5.26 Å². The Hall–Kier alpha value is -5.39. The van der Waals surface area contributed by atoms with Crippen molar-refractivity contribution in [1.82, 2.24) is 35.3 Å². The summed E-state index contributed by atoms with van der Waals surface area (Å²) in [5.41, 5.74) is 5.00. The van der Waals surface area contributed by atoms with E-state index >= 15 is 0 Å². The zero-order chi connectivity index (χ0) is 40.8. The van der Waals surface area contributed by atoms with Gasteiger partial charge in [-0.05, 0) is 132 Å². The summed E-state index contributed by atoms with van der Waals surface area (Å²) in [7, 11) is 0. The predicted octanol–water partition coefficient (Wildman–Crippen LogP) is 8.07. The maximum Gasteiger partial charge on any atom is 0.272 e. The number of nitriles is 1. The third kappa shape index (κ3) is 7.78. The molecule has 0 radical (unpaired) electrons. The molecule has 1 spiro atoms. The van der Waals surface area contributed by atoms with Crippen LogP contribution in [0, 0.1) is 43.4 Å². The molecule has 1 atom stereocenters. The number of nitrogens with one attached hydrogen (secondary N) is 1. The second kappa shape index (κ2) is 16.0. The number of hydrogen-bond donors (Lipinski definition) is 1. The maximum absolute atomic E-state index is 13.1. The lowest BCUT2D eigenvalue weighted by Gasteiger charge is -2.53. The number of carbonyl (C=O) groups is 1. The first-order chi connectivity index (χ1) is 28.6. The Kier molecular flexibility index (Phi) is 10.6. The molecule has 15 heteroatoms. The molecule has 4 aromatic heterocycles. The zero-order valence-corrected chi connectivity index (χ0v) is 35.3. The summed E-state index contributed by atoms with van der Waals surface area (Å²) in [6, 6.07) is 14.8. The van der Waals surface area contributed by atoms with Crippen molar-refractivity contribution in [2.75, 3.05) is 24.6 Å². The molecule has 1 aromatic carbocycles. The third-order valence-corrected chi connectivity index (χ3v) is 14.0. The van der Waals surface area contributed by atoms with Crippen LogP contribution in [0.2, 0.25) is 5.02 Å². The summed E-state index contributed by atoms with van der Waals surface area (Å²) in [5.74, 6) is 4.21. The highest BCUT2D eigenvalue weighted by molar-refractivity contribution is 7.15. The van der Waals surface area contributed by atoms with E-state index in [-0.39, 0.29) is 29.5 Å². The average molecular weight is 831 g/mol. The molecule has 13 nitrogen and oxygen atoms in total. The van der Waals surface area contributed by atoms with Gasteiger partial charge in [0, 0.05) is 35.6 Å². The van der Waals surface area contributed by atoms with Gasteiger partial charge in [-0.3, -0.25) is 19.3 Å². The van der Waals surface area contributed by atoms with Crippen LogP contribution in [-0.4, -0.2) is 73.4 Å². The minimum atomic E-state index is -0.204. The molecule has 1 saturated heterocycles. The van der Waals surface area contributed by atoms with Gasteiger partial charge in [0.15, 0.2) is 17.3 Å². The van der Waals surface area contributed by atoms with Crippen molar-refractivity contribution in [2.45, 2.75) is 97.2 Å². The van der Waals surface area contributed by atoms with Gasteiger partial charge in [0.1, 0.15) is 34.4 Å². The Morgan fingerprint density at radius 2 is 1.85 bits per heavy atom. The summed E-state index contributed by atoms with van der Waals surface area (Å²) < 4.78 is 14.6. The molecule has 4 aliphatic rings. The van der Waals surface area contributed by atoms with E-state index in [1.807, 2.05) is 31.3 Å². The number of aromatic nitrogens is 6. The number of nitrogens with zero attached hydrogens (tertiary/aromatic N) is 9. The highest BCUT2D eigenvalue weighted by Crippen LogP contribution is 2.51. The highest BCUT2D eigenvalue weighted by atomic mass is 35.5. The Bertz CT molecular complexity index is 2440. The quantitative estimate of drug-likeness (QED) is 0.154. The van der Waals surface area contributed by atoms with Crippen LogP contribution in [-0.2, 0) is 0 Å². The number of piperidine rings is 1. The van der Waals surface area contributed by atoms with Gasteiger partial charge in [-0.1, -0.05) is 11.6 Å². The standard InChI is InChI=1S/C44H47ClN10O3S/c1-25-27(3)59-43-39(25)40(48-26(2)41-53-50-28(4)55(41)43)36-13-12-34(22-47-36)57-23-29-19-44(20-29)16-5-17-54(24-44)38-15-14-37(51-52-38)42(56)49-31-7-10-32(11-8-31)58-33-9-6-30(21-46)35(45)18-33/h6,9,12-15,18,22,26,29,31-32H,5,7-8,10-11,16-17,19-20,23-24H2,1-4H3,(H,49,56)/t26-,29?,31?,32?,44?/m0/s1. The van der Waals surface area contributed by atoms with Gasteiger partial charge in [0.2, 0.25) is 0 Å². The Morgan fingerprint density at radius 1 is 1.03 bits per heavy atom. The fourth-order valence-corrected chi connectivity index (χ4v) is 10.8. The van der Waals surface area contributed by atoms with E-state index in [0.29, 0.717) is 34.6 Å². The lowest BCUT2D eigenvalue weighted by Crippen LogP contribution is -2.51. The fraction of sp³-hybridized carbons (Fsp3) is 0.455. The molecule has 0 unspecified atom stereocenters. The molecular weight excluding hydrogens is 784 g/mol. The predicted molar refractivity (Wildman–Crippen MR) is 226 cm³/mol. The van der Waals surface area contributed by atoms with Crippen LogP contribution in [0.3, 0.4) is 0 Å². The average Bonchev–Trinajstić information content (AvgIpc) is 3.72. The minimum Gasteiger partial charge on any atom is -0.492 e. The van der Waals surface area contributed by atoms with Crippen LogP contribution in [0.25, 0.3) is 5.00 Å². The molecule has 304 valence electrons. The molecule has 9 rings (SSSR count). The lowest BCUT2D eigenvalue weighted by molar-refractivity contribution is 0.0112. The van der Waals surface area contributed by atoms with Crippen LogP contribution in [0.5, 0.6) is 11.5 Å². The van der Waals surface area contributed by atoms with Crippen molar-refractivity contribution in [3.8, 4) is 22.6 Å². The molecule has 5 aromatic rings. The van der Waals surface area contributed by atoms with Crippen molar-refractivity contribution in [3.05, 3.63) is 98.3 Å². The van der Waals surface area contributed by atoms with E-state index in [2.05, 4.69) is 62.0 Å². The van der Waals surface area contributed by atoms with Gasteiger partial charge in [0.25, 0.3) is 5.91 Å². The summed E-state index contributed by atoms with van der Waals surface area (Å²) in [5, 5.41) is 31.4. The number of anilines is 1. The second-order valence-electron chi connectivity index (χ2n) is 16.6. The normalized spacial score (nSPS) is 23.6. The minimum absolute atomic E-state index is 0.0326. The number of ether oxygens (including phenoxy) is 2. The van der Waals surface area contributed by atoms with Crippen molar-refractivity contribution in [3.63, 3.8) is 0 Å².